The predicted octanol–water partition coefficient (Wildman–Crippen LogP) is 5.37. The van der Waals surface area contributed by atoms with Crippen molar-refractivity contribution in [3.63, 3.8) is 0 Å². The lowest BCUT2D eigenvalue weighted by molar-refractivity contribution is -0.122. The molecule has 0 aromatic heterocycles. The minimum Gasteiger partial charge on any atom is -0.489 e. The molecule has 0 bridgehead atoms. The Morgan fingerprint density at radius 2 is 1.54 bits per heavy atom. The number of ether oxygens (including phenoxy) is 2. The second kappa shape index (κ2) is 9.60. The third kappa shape index (κ3) is 5.61. The average molecular weight is 375 g/mol. The molecule has 1 amide bonds. The Labute approximate surface area is 166 Å². The van der Waals surface area contributed by atoms with Crippen LogP contribution in [0.1, 0.15) is 24.5 Å². The van der Waals surface area contributed by atoms with E-state index in [1.165, 1.54) is 0 Å². The summed E-state index contributed by atoms with van der Waals surface area (Å²) >= 11 is 0. The molecular weight excluding hydrogens is 350 g/mol. The third-order valence-electron chi connectivity index (χ3n) is 4.33. The van der Waals surface area contributed by atoms with Crippen molar-refractivity contribution < 1.29 is 14.3 Å². The first-order chi connectivity index (χ1) is 13.6. The topological polar surface area (TPSA) is 47.6 Å². The maximum absolute atomic E-state index is 12.5. The van der Waals surface area contributed by atoms with E-state index in [-0.39, 0.29) is 5.91 Å². The van der Waals surface area contributed by atoms with Gasteiger partial charge in [0, 0.05) is 5.69 Å². The maximum Gasteiger partial charge on any atom is 0.265 e. The van der Waals surface area contributed by atoms with E-state index in [4.69, 9.17) is 9.47 Å². The van der Waals surface area contributed by atoms with Crippen LogP contribution < -0.4 is 14.8 Å². The summed E-state index contributed by atoms with van der Waals surface area (Å²) in [5, 5.41) is 2.91. The molecular formula is C24H25NO3. The molecule has 0 aliphatic rings. The minimum absolute atomic E-state index is 0.166. The van der Waals surface area contributed by atoms with Crippen LogP contribution in [0.4, 0.5) is 5.69 Å². The summed E-state index contributed by atoms with van der Waals surface area (Å²) in [5.74, 6) is 1.28. The van der Waals surface area contributed by atoms with Gasteiger partial charge in [0.2, 0.25) is 0 Å². The van der Waals surface area contributed by atoms with Crippen molar-refractivity contribution in [3.05, 3.63) is 90.0 Å². The molecule has 1 atom stereocenters. The first-order valence-corrected chi connectivity index (χ1v) is 9.45. The van der Waals surface area contributed by atoms with Crippen LogP contribution in [0.15, 0.2) is 78.9 Å². The SMILES string of the molecule is CC[C@@H](Oc1ccc(C)cc1)C(=O)Nc1ccc(OCc2ccccc2)cc1. The van der Waals surface area contributed by atoms with Gasteiger partial charge in [0.15, 0.2) is 6.10 Å². The molecule has 3 aromatic rings. The lowest BCUT2D eigenvalue weighted by Crippen LogP contribution is -2.32. The van der Waals surface area contributed by atoms with Crippen molar-refractivity contribution >= 4 is 11.6 Å². The Kier molecular flexibility index (Phi) is 6.68. The van der Waals surface area contributed by atoms with Gasteiger partial charge < -0.3 is 14.8 Å². The van der Waals surface area contributed by atoms with Gasteiger partial charge in [-0.05, 0) is 55.3 Å². The summed E-state index contributed by atoms with van der Waals surface area (Å²) < 4.78 is 11.6. The van der Waals surface area contributed by atoms with Crippen molar-refractivity contribution in [2.24, 2.45) is 0 Å². The van der Waals surface area contributed by atoms with Gasteiger partial charge in [0.25, 0.3) is 5.91 Å². The van der Waals surface area contributed by atoms with E-state index >= 15 is 0 Å². The van der Waals surface area contributed by atoms with Crippen LogP contribution >= 0.6 is 0 Å². The summed E-state index contributed by atoms with van der Waals surface area (Å²) in [6.45, 7) is 4.45. The largest absolute Gasteiger partial charge is 0.489 e. The molecule has 0 aliphatic carbocycles. The Balaban J connectivity index is 1.54. The van der Waals surface area contributed by atoms with Crippen LogP contribution in [-0.4, -0.2) is 12.0 Å². The van der Waals surface area contributed by atoms with E-state index in [0.717, 1.165) is 16.9 Å². The lowest BCUT2D eigenvalue weighted by Gasteiger charge is -2.17. The van der Waals surface area contributed by atoms with Crippen molar-refractivity contribution in [1.29, 1.82) is 0 Å². The minimum atomic E-state index is -0.545. The van der Waals surface area contributed by atoms with E-state index in [1.807, 2.05) is 92.7 Å². The monoisotopic (exact) mass is 375 g/mol. The molecule has 0 saturated heterocycles. The molecule has 0 fully saturated rings. The highest BCUT2D eigenvalue weighted by atomic mass is 16.5. The molecule has 4 heteroatoms. The number of benzene rings is 3. The van der Waals surface area contributed by atoms with Crippen molar-refractivity contribution in [2.45, 2.75) is 33.0 Å². The smallest absolute Gasteiger partial charge is 0.265 e. The Bertz CT molecular complexity index is 874. The third-order valence-corrected chi connectivity index (χ3v) is 4.33. The quantitative estimate of drug-likeness (QED) is 0.576. The molecule has 0 unspecified atom stereocenters. The van der Waals surface area contributed by atoms with Gasteiger partial charge in [-0.1, -0.05) is 55.0 Å². The predicted molar refractivity (Wildman–Crippen MR) is 112 cm³/mol. The molecule has 0 saturated carbocycles. The summed E-state index contributed by atoms with van der Waals surface area (Å²) in [6, 6.07) is 25.0. The van der Waals surface area contributed by atoms with E-state index in [9.17, 15) is 4.79 Å². The summed E-state index contributed by atoms with van der Waals surface area (Å²) in [5.41, 5.74) is 2.97. The molecule has 1 N–H and O–H groups in total. The molecule has 3 aromatic carbocycles. The fourth-order valence-electron chi connectivity index (χ4n) is 2.70. The number of aryl methyl sites for hydroxylation is 1. The van der Waals surface area contributed by atoms with Crippen LogP contribution in [0.3, 0.4) is 0 Å². The van der Waals surface area contributed by atoms with Gasteiger partial charge in [0.1, 0.15) is 18.1 Å². The number of nitrogens with one attached hydrogen (secondary N) is 1. The highest BCUT2D eigenvalue weighted by molar-refractivity contribution is 5.94. The highest BCUT2D eigenvalue weighted by Crippen LogP contribution is 2.19. The summed E-state index contributed by atoms with van der Waals surface area (Å²) in [4.78, 5) is 12.5. The van der Waals surface area contributed by atoms with E-state index in [0.29, 0.717) is 24.5 Å². The van der Waals surface area contributed by atoms with Gasteiger partial charge in [-0.15, -0.1) is 0 Å². The number of carbonyl (C=O) groups excluding carboxylic acids is 1. The van der Waals surface area contributed by atoms with Crippen molar-refractivity contribution in [1.82, 2.24) is 0 Å². The van der Waals surface area contributed by atoms with E-state index in [1.54, 1.807) is 0 Å². The second-order valence-electron chi connectivity index (χ2n) is 6.62. The zero-order valence-corrected chi connectivity index (χ0v) is 16.2. The van der Waals surface area contributed by atoms with Crippen LogP contribution in [-0.2, 0) is 11.4 Å². The number of hydrogen-bond acceptors (Lipinski definition) is 3. The van der Waals surface area contributed by atoms with E-state index in [2.05, 4.69) is 5.32 Å². The Morgan fingerprint density at radius 1 is 0.893 bits per heavy atom. The number of anilines is 1. The van der Waals surface area contributed by atoms with Gasteiger partial charge in [-0.2, -0.15) is 0 Å². The van der Waals surface area contributed by atoms with Gasteiger partial charge in [-0.25, -0.2) is 0 Å². The fourth-order valence-corrected chi connectivity index (χ4v) is 2.70. The van der Waals surface area contributed by atoms with Crippen molar-refractivity contribution in [2.75, 3.05) is 5.32 Å². The Hall–Kier alpha value is -3.27. The first kappa shape index (κ1) is 19.5. The number of amides is 1. The zero-order chi connectivity index (χ0) is 19.8. The molecule has 0 spiro atoms. The molecule has 0 aliphatic heterocycles. The molecule has 28 heavy (non-hydrogen) atoms. The standard InChI is InChI=1S/C24H25NO3/c1-3-23(28-22-13-9-18(2)10-14-22)24(26)25-20-11-15-21(16-12-20)27-17-19-7-5-4-6-8-19/h4-16,23H,3,17H2,1-2H3,(H,25,26)/t23-/m1/s1. The fraction of sp³-hybridized carbons (Fsp3) is 0.208. The maximum atomic E-state index is 12.5. The lowest BCUT2D eigenvalue weighted by atomic mass is 10.2. The van der Waals surface area contributed by atoms with Crippen molar-refractivity contribution in [3.8, 4) is 11.5 Å². The first-order valence-electron chi connectivity index (χ1n) is 9.45. The molecule has 3 rings (SSSR count). The van der Waals surface area contributed by atoms with Gasteiger partial charge in [0.05, 0.1) is 0 Å². The highest BCUT2D eigenvalue weighted by Gasteiger charge is 2.18. The molecule has 4 nitrogen and oxygen atoms in total. The van der Waals surface area contributed by atoms with E-state index < -0.39 is 6.10 Å². The number of rotatable bonds is 8. The zero-order valence-electron chi connectivity index (χ0n) is 16.2. The summed E-state index contributed by atoms with van der Waals surface area (Å²) in [7, 11) is 0. The molecule has 144 valence electrons. The second-order valence-corrected chi connectivity index (χ2v) is 6.62. The number of hydrogen-bond donors (Lipinski definition) is 1. The van der Waals surface area contributed by atoms with Gasteiger partial charge >= 0.3 is 0 Å². The van der Waals surface area contributed by atoms with Crippen LogP contribution in [0.2, 0.25) is 0 Å². The summed E-state index contributed by atoms with van der Waals surface area (Å²) in [6.07, 6.45) is 0.0366. The normalized spacial score (nSPS) is 11.5. The van der Waals surface area contributed by atoms with Crippen LogP contribution in [0.5, 0.6) is 11.5 Å². The van der Waals surface area contributed by atoms with Crippen LogP contribution in [0.25, 0.3) is 0 Å². The number of carbonyl (C=O) groups is 1. The average Bonchev–Trinajstić information content (AvgIpc) is 2.73. The molecule has 0 heterocycles. The van der Waals surface area contributed by atoms with Gasteiger partial charge in [-0.3, -0.25) is 4.79 Å². The van der Waals surface area contributed by atoms with Crippen LogP contribution in [0, 0.1) is 6.92 Å². The molecule has 0 radical (unpaired) electrons. The Morgan fingerprint density at radius 3 is 2.18 bits per heavy atom.